The Kier molecular flexibility index (Phi) is 7.27. The second-order valence-electron chi connectivity index (χ2n) is 7.91. The normalized spacial score (nSPS) is 11.7. The van der Waals surface area contributed by atoms with Crippen molar-refractivity contribution in [1.82, 2.24) is 10.1 Å². The van der Waals surface area contributed by atoms with Gasteiger partial charge >= 0.3 is 11.9 Å². The maximum absolute atomic E-state index is 12.7. The lowest BCUT2D eigenvalue weighted by Gasteiger charge is -2.15. The number of esters is 2. The van der Waals surface area contributed by atoms with Gasteiger partial charge in [-0.3, -0.25) is 4.79 Å². The zero-order chi connectivity index (χ0) is 24.9. The molecular formula is C27H23ClN2O5. The number of hydrogen-bond acceptors (Lipinski definition) is 7. The maximum Gasteiger partial charge on any atom is 0.356 e. The molecule has 0 saturated carbocycles. The van der Waals surface area contributed by atoms with Gasteiger partial charge in [-0.15, -0.1) is 0 Å². The van der Waals surface area contributed by atoms with E-state index in [4.69, 9.17) is 20.9 Å². The number of ether oxygens (including phenoxy) is 2. The summed E-state index contributed by atoms with van der Waals surface area (Å²) in [4.78, 5) is 28.4. The molecule has 8 heteroatoms. The summed E-state index contributed by atoms with van der Waals surface area (Å²) < 4.78 is 15.8. The van der Waals surface area contributed by atoms with Crippen LogP contribution in [-0.2, 0) is 20.7 Å². The lowest BCUT2D eigenvalue weighted by Crippen LogP contribution is -2.12. The Morgan fingerprint density at radius 1 is 1.00 bits per heavy atom. The summed E-state index contributed by atoms with van der Waals surface area (Å²) in [6, 6.07) is 18.2. The van der Waals surface area contributed by atoms with Crippen LogP contribution in [0.3, 0.4) is 0 Å². The van der Waals surface area contributed by atoms with Crippen LogP contribution in [-0.4, -0.2) is 29.2 Å². The lowest BCUT2D eigenvalue weighted by molar-refractivity contribution is -0.147. The lowest BCUT2D eigenvalue weighted by atomic mass is 10.0. The van der Waals surface area contributed by atoms with Crippen molar-refractivity contribution in [2.45, 2.75) is 26.4 Å². The van der Waals surface area contributed by atoms with Crippen LogP contribution in [0.5, 0.6) is 0 Å². The fraction of sp³-hybridized carbons (Fsp3) is 0.185. The first kappa shape index (κ1) is 24.2. The Bertz CT molecular complexity index is 1350. The number of hydrogen-bond donors (Lipinski definition) is 0. The second kappa shape index (κ2) is 10.5. The van der Waals surface area contributed by atoms with Gasteiger partial charge in [-0.25, -0.2) is 9.78 Å². The summed E-state index contributed by atoms with van der Waals surface area (Å²) in [7, 11) is 1.31. The number of aryl methyl sites for hydroxylation is 1. The fourth-order valence-corrected chi connectivity index (χ4v) is 3.97. The van der Waals surface area contributed by atoms with Gasteiger partial charge < -0.3 is 14.0 Å². The standard InChI is InChI=1S/C27H23ClN2O5/c1-16-22(14-25(31)34-17(2)21-6-4-5-7-23(21)28)26(35-30-16)19-10-8-18(9-11-19)20-12-13-24(29-15-20)27(32)33-3/h4-13,15,17H,14H2,1-3H3. The SMILES string of the molecule is COC(=O)c1ccc(-c2ccc(-c3onc(C)c3CC(=O)OC(C)c3ccccc3Cl)cc2)cn1. The van der Waals surface area contributed by atoms with Crippen LogP contribution in [0.15, 0.2) is 71.4 Å². The predicted molar refractivity (Wildman–Crippen MR) is 131 cm³/mol. The van der Waals surface area contributed by atoms with E-state index in [2.05, 4.69) is 14.9 Å². The van der Waals surface area contributed by atoms with Crippen LogP contribution >= 0.6 is 11.6 Å². The van der Waals surface area contributed by atoms with Gasteiger partial charge in [-0.2, -0.15) is 0 Å². The van der Waals surface area contributed by atoms with Crippen molar-refractivity contribution in [3.63, 3.8) is 0 Å². The average Bonchev–Trinajstić information content (AvgIpc) is 3.23. The van der Waals surface area contributed by atoms with Gasteiger partial charge in [0.15, 0.2) is 5.76 Å². The first-order valence-electron chi connectivity index (χ1n) is 10.9. The molecule has 4 rings (SSSR count). The Balaban J connectivity index is 1.49. The zero-order valence-corrected chi connectivity index (χ0v) is 20.2. The molecule has 0 amide bonds. The molecule has 0 saturated heterocycles. The highest BCUT2D eigenvalue weighted by Gasteiger charge is 2.21. The van der Waals surface area contributed by atoms with Crippen LogP contribution in [0.2, 0.25) is 5.02 Å². The second-order valence-corrected chi connectivity index (χ2v) is 8.31. The molecule has 0 aliphatic heterocycles. The first-order valence-corrected chi connectivity index (χ1v) is 11.3. The third kappa shape index (κ3) is 5.41. The molecule has 35 heavy (non-hydrogen) atoms. The molecule has 0 aliphatic carbocycles. The third-order valence-electron chi connectivity index (χ3n) is 5.60. The molecule has 1 unspecified atom stereocenters. The van der Waals surface area contributed by atoms with Crippen molar-refractivity contribution in [2.75, 3.05) is 7.11 Å². The highest BCUT2D eigenvalue weighted by molar-refractivity contribution is 6.31. The van der Waals surface area contributed by atoms with Gasteiger partial charge in [0.1, 0.15) is 11.8 Å². The smallest absolute Gasteiger partial charge is 0.356 e. The van der Waals surface area contributed by atoms with E-state index in [1.807, 2.05) is 42.5 Å². The molecule has 0 aliphatic rings. The van der Waals surface area contributed by atoms with Crippen molar-refractivity contribution < 1.29 is 23.6 Å². The number of methoxy groups -OCH3 is 1. The minimum Gasteiger partial charge on any atom is -0.464 e. The van der Waals surface area contributed by atoms with Gasteiger partial charge in [-0.05, 0) is 31.5 Å². The van der Waals surface area contributed by atoms with E-state index >= 15 is 0 Å². The van der Waals surface area contributed by atoms with E-state index in [0.717, 1.165) is 22.3 Å². The quantitative estimate of drug-likeness (QED) is 0.293. The van der Waals surface area contributed by atoms with E-state index in [9.17, 15) is 9.59 Å². The molecule has 4 aromatic rings. The summed E-state index contributed by atoms with van der Waals surface area (Å²) in [5.74, 6) is -0.381. The van der Waals surface area contributed by atoms with Gasteiger partial charge in [0.05, 0.1) is 19.2 Å². The Hall–Kier alpha value is -3.97. The minimum atomic E-state index is -0.488. The van der Waals surface area contributed by atoms with Crippen molar-refractivity contribution in [1.29, 1.82) is 0 Å². The summed E-state index contributed by atoms with van der Waals surface area (Å²) in [5.41, 5.74) is 4.79. The Labute approximate surface area is 207 Å². The molecule has 178 valence electrons. The molecule has 2 heterocycles. The number of benzene rings is 2. The number of carbonyl (C=O) groups is 2. The van der Waals surface area contributed by atoms with E-state index in [-0.39, 0.29) is 12.1 Å². The number of carbonyl (C=O) groups excluding carboxylic acids is 2. The monoisotopic (exact) mass is 490 g/mol. The molecule has 2 aromatic carbocycles. The van der Waals surface area contributed by atoms with E-state index < -0.39 is 18.0 Å². The topological polar surface area (TPSA) is 91.5 Å². The number of rotatable bonds is 7. The first-order chi connectivity index (χ1) is 16.9. The summed E-state index contributed by atoms with van der Waals surface area (Å²) in [6.45, 7) is 3.57. The van der Waals surface area contributed by atoms with Crippen LogP contribution < -0.4 is 0 Å². The largest absolute Gasteiger partial charge is 0.464 e. The zero-order valence-electron chi connectivity index (χ0n) is 19.4. The molecule has 0 fully saturated rings. The summed E-state index contributed by atoms with van der Waals surface area (Å²) >= 11 is 6.22. The number of halogens is 1. The van der Waals surface area contributed by atoms with E-state index in [1.54, 1.807) is 38.2 Å². The van der Waals surface area contributed by atoms with Crippen molar-refractivity contribution in [3.8, 4) is 22.5 Å². The van der Waals surface area contributed by atoms with Crippen LogP contribution in [0, 0.1) is 6.92 Å². The Morgan fingerprint density at radius 2 is 1.69 bits per heavy atom. The molecule has 0 spiro atoms. The fourth-order valence-electron chi connectivity index (χ4n) is 3.68. The molecular weight excluding hydrogens is 468 g/mol. The third-order valence-corrected chi connectivity index (χ3v) is 5.94. The molecule has 1 atom stereocenters. The van der Waals surface area contributed by atoms with Crippen LogP contribution in [0.1, 0.15) is 40.3 Å². The maximum atomic E-state index is 12.7. The van der Waals surface area contributed by atoms with E-state index in [0.29, 0.717) is 22.0 Å². The highest BCUT2D eigenvalue weighted by Crippen LogP contribution is 2.30. The molecule has 0 radical (unpaired) electrons. The van der Waals surface area contributed by atoms with Crippen molar-refractivity contribution in [3.05, 3.63) is 94.4 Å². The van der Waals surface area contributed by atoms with Crippen LogP contribution in [0.4, 0.5) is 0 Å². The van der Waals surface area contributed by atoms with Gasteiger partial charge in [0.25, 0.3) is 0 Å². The minimum absolute atomic E-state index is 0.0140. The molecule has 7 nitrogen and oxygen atoms in total. The van der Waals surface area contributed by atoms with E-state index in [1.165, 1.54) is 7.11 Å². The van der Waals surface area contributed by atoms with Crippen LogP contribution in [0.25, 0.3) is 22.5 Å². The number of nitrogens with zero attached hydrogens (tertiary/aromatic N) is 2. The molecule has 0 bridgehead atoms. The average molecular weight is 491 g/mol. The number of pyridine rings is 1. The molecule has 2 aromatic heterocycles. The Morgan fingerprint density at radius 3 is 2.34 bits per heavy atom. The molecule has 0 N–H and O–H groups in total. The summed E-state index contributed by atoms with van der Waals surface area (Å²) in [6.07, 6.45) is 1.14. The van der Waals surface area contributed by atoms with Gasteiger partial charge in [-0.1, -0.05) is 65.3 Å². The van der Waals surface area contributed by atoms with Crippen molar-refractivity contribution in [2.24, 2.45) is 0 Å². The van der Waals surface area contributed by atoms with Gasteiger partial charge in [0.2, 0.25) is 0 Å². The van der Waals surface area contributed by atoms with Gasteiger partial charge in [0, 0.05) is 33.5 Å². The predicted octanol–water partition coefficient (Wildman–Crippen LogP) is 6.00. The highest BCUT2D eigenvalue weighted by atomic mass is 35.5. The van der Waals surface area contributed by atoms with Crippen molar-refractivity contribution >= 4 is 23.5 Å². The number of aromatic nitrogens is 2. The summed E-state index contributed by atoms with van der Waals surface area (Å²) in [5, 5.41) is 4.60.